The molecule has 0 spiro atoms. The number of carbonyl (C=O) groups excluding carboxylic acids is 1. The first-order valence-electron chi connectivity index (χ1n) is 6.43. The molecule has 1 amide bonds. The van der Waals surface area contributed by atoms with Crippen LogP contribution < -0.4 is 15.8 Å². The summed E-state index contributed by atoms with van der Waals surface area (Å²) in [5, 5.41) is 2.53. The highest BCUT2D eigenvalue weighted by Gasteiger charge is 2.16. The Bertz CT molecular complexity index is 540. The highest BCUT2D eigenvalue weighted by molar-refractivity contribution is 7.89. The molecule has 0 radical (unpaired) electrons. The molecule has 1 atom stereocenters. The number of carbonyl (C=O) groups is 1. The number of nitrogens with two attached hydrogens (primary N) is 1. The Morgan fingerprint density at radius 2 is 1.90 bits per heavy atom. The van der Waals surface area contributed by atoms with Gasteiger partial charge in [-0.15, -0.1) is 0 Å². The summed E-state index contributed by atoms with van der Waals surface area (Å²) >= 11 is 0. The number of hydrogen-bond donors (Lipinski definition) is 3. The van der Waals surface area contributed by atoms with Gasteiger partial charge in [0, 0.05) is 13.1 Å². The lowest BCUT2D eigenvalue weighted by Gasteiger charge is -2.13. The largest absolute Gasteiger partial charge is 0.353 e. The van der Waals surface area contributed by atoms with Crippen LogP contribution in [-0.2, 0) is 14.8 Å². The molecule has 0 aromatic heterocycles. The topological polar surface area (TPSA) is 101 Å². The zero-order chi connectivity index (χ0) is 15.2. The zero-order valence-corrected chi connectivity index (χ0v) is 12.5. The number of hydrogen-bond acceptors (Lipinski definition) is 4. The summed E-state index contributed by atoms with van der Waals surface area (Å²) in [6, 6.07) is 6.53. The Morgan fingerprint density at radius 3 is 2.45 bits per heavy atom. The van der Waals surface area contributed by atoms with Gasteiger partial charge in [-0.05, 0) is 12.5 Å². The average Bonchev–Trinajstić information content (AvgIpc) is 2.38. The van der Waals surface area contributed by atoms with Crippen LogP contribution in [0.4, 0.5) is 0 Å². The summed E-state index contributed by atoms with van der Waals surface area (Å²) in [4.78, 5) is 11.8. The molecule has 0 aliphatic carbocycles. The minimum absolute atomic E-state index is 0.0354. The molecule has 1 aromatic rings. The molecule has 1 unspecified atom stereocenters. The first-order chi connectivity index (χ1) is 9.35. The standard InChI is InChI=1S/C13H21N3O3S/c1-3-16-20(18,19)9-8-15-13(17)12(14)11-6-4-10(2)5-7-11/h4-7,12,16H,3,8-9,14H2,1-2H3,(H,15,17). The lowest BCUT2D eigenvalue weighted by atomic mass is 10.1. The van der Waals surface area contributed by atoms with Crippen molar-refractivity contribution in [2.75, 3.05) is 18.8 Å². The van der Waals surface area contributed by atoms with Crippen LogP contribution in [-0.4, -0.2) is 33.2 Å². The average molecular weight is 299 g/mol. The summed E-state index contributed by atoms with van der Waals surface area (Å²) < 4.78 is 25.1. The van der Waals surface area contributed by atoms with Gasteiger partial charge in [0.15, 0.2) is 0 Å². The molecule has 0 heterocycles. The number of amides is 1. The first-order valence-corrected chi connectivity index (χ1v) is 8.08. The molecule has 4 N–H and O–H groups in total. The Kier molecular flexibility index (Phi) is 6.12. The quantitative estimate of drug-likeness (QED) is 0.662. The van der Waals surface area contributed by atoms with Crippen molar-refractivity contribution in [2.45, 2.75) is 19.9 Å². The van der Waals surface area contributed by atoms with E-state index in [1.54, 1.807) is 19.1 Å². The molecule has 0 aliphatic heterocycles. The van der Waals surface area contributed by atoms with Crippen molar-refractivity contribution in [3.63, 3.8) is 0 Å². The van der Waals surface area contributed by atoms with Crippen molar-refractivity contribution in [1.82, 2.24) is 10.0 Å². The number of benzene rings is 1. The Morgan fingerprint density at radius 1 is 1.30 bits per heavy atom. The van der Waals surface area contributed by atoms with E-state index < -0.39 is 16.1 Å². The minimum atomic E-state index is -3.33. The van der Waals surface area contributed by atoms with Gasteiger partial charge in [0.05, 0.1) is 5.75 Å². The zero-order valence-electron chi connectivity index (χ0n) is 11.7. The van der Waals surface area contributed by atoms with Gasteiger partial charge >= 0.3 is 0 Å². The van der Waals surface area contributed by atoms with E-state index in [9.17, 15) is 13.2 Å². The Hall–Kier alpha value is -1.44. The first kappa shape index (κ1) is 16.6. The monoisotopic (exact) mass is 299 g/mol. The summed E-state index contributed by atoms with van der Waals surface area (Å²) in [6.45, 7) is 4.01. The number of sulfonamides is 1. The number of rotatable bonds is 7. The predicted octanol–water partition coefficient (Wildman–Crippen LogP) is 0.0503. The van der Waals surface area contributed by atoms with Crippen molar-refractivity contribution >= 4 is 15.9 Å². The van der Waals surface area contributed by atoms with Gasteiger partial charge in [-0.1, -0.05) is 36.8 Å². The van der Waals surface area contributed by atoms with E-state index in [0.29, 0.717) is 12.1 Å². The second kappa shape index (κ2) is 7.37. The summed E-state index contributed by atoms with van der Waals surface area (Å²) in [7, 11) is -3.33. The lowest BCUT2D eigenvalue weighted by Crippen LogP contribution is -2.38. The van der Waals surface area contributed by atoms with Gasteiger partial charge in [0.2, 0.25) is 15.9 Å². The third-order valence-electron chi connectivity index (χ3n) is 2.75. The molecule has 6 nitrogen and oxygen atoms in total. The molecule has 1 aromatic carbocycles. The fraction of sp³-hybridized carbons (Fsp3) is 0.462. The van der Waals surface area contributed by atoms with Crippen molar-refractivity contribution in [3.8, 4) is 0 Å². The van der Waals surface area contributed by atoms with Crippen LogP contribution >= 0.6 is 0 Å². The summed E-state index contributed by atoms with van der Waals surface area (Å²) in [5.74, 6) is -0.548. The van der Waals surface area contributed by atoms with E-state index in [1.807, 2.05) is 19.1 Å². The molecular formula is C13H21N3O3S. The van der Waals surface area contributed by atoms with E-state index in [-0.39, 0.29) is 18.2 Å². The highest BCUT2D eigenvalue weighted by atomic mass is 32.2. The van der Waals surface area contributed by atoms with Gasteiger partial charge in [0.25, 0.3) is 0 Å². The molecule has 112 valence electrons. The van der Waals surface area contributed by atoms with Crippen molar-refractivity contribution in [2.24, 2.45) is 5.73 Å². The molecule has 0 fully saturated rings. The SMILES string of the molecule is CCNS(=O)(=O)CCNC(=O)C(N)c1ccc(C)cc1. The molecule has 7 heteroatoms. The van der Waals surface area contributed by atoms with E-state index in [1.165, 1.54) is 0 Å². The van der Waals surface area contributed by atoms with Crippen molar-refractivity contribution in [3.05, 3.63) is 35.4 Å². The Balaban J connectivity index is 2.49. The van der Waals surface area contributed by atoms with Gasteiger partial charge in [-0.25, -0.2) is 13.1 Å². The third kappa shape index (κ3) is 5.28. The maximum atomic E-state index is 11.8. The third-order valence-corrected chi connectivity index (χ3v) is 4.22. The van der Waals surface area contributed by atoms with Crippen LogP contribution in [0.25, 0.3) is 0 Å². The van der Waals surface area contributed by atoms with Crippen LogP contribution in [0, 0.1) is 6.92 Å². The van der Waals surface area contributed by atoms with E-state index >= 15 is 0 Å². The minimum Gasteiger partial charge on any atom is -0.353 e. The van der Waals surface area contributed by atoms with Crippen LogP contribution in [0.5, 0.6) is 0 Å². The van der Waals surface area contributed by atoms with Crippen molar-refractivity contribution in [1.29, 1.82) is 0 Å². The van der Waals surface area contributed by atoms with E-state index in [0.717, 1.165) is 5.56 Å². The van der Waals surface area contributed by atoms with Crippen LogP contribution in [0.3, 0.4) is 0 Å². The molecule has 0 saturated heterocycles. The maximum absolute atomic E-state index is 11.8. The molecule has 1 rings (SSSR count). The highest BCUT2D eigenvalue weighted by Crippen LogP contribution is 2.11. The number of nitrogens with one attached hydrogen (secondary N) is 2. The maximum Gasteiger partial charge on any atom is 0.241 e. The molecule has 20 heavy (non-hydrogen) atoms. The van der Waals surface area contributed by atoms with Crippen LogP contribution in [0.1, 0.15) is 24.1 Å². The Labute approximate surface area is 119 Å². The molecule has 0 saturated carbocycles. The van der Waals surface area contributed by atoms with Crippen molar-refractivity contribution < 1.29 is 13.2 Å². The fourth-order valence-corrected chi connectivity index (χ4v) is 2.59. The summed E-state index contributed by atoms with van der Waals surface area (Å²) in [6.07, 6.45) is 0. The van der Waals surface area contributed by atoms with Gasteiger partial charge in [0.1, 0.15) is 6.04 Å². The molecular weight excluding hydrogens is 278 g/mol. The second-order valence-corrected chi connectivity index (χ2v) is 6.42. The normalized spacial score (nSPS) is 12.9. The van der Waals surface area contributed by atoms with Crippen LogP contribution in [0.15, 0.2) is 24.3 Å². The lowest BCUT2D eigenvalue weighted by molar-refractivity contribution is -0.122. The fourth-order valence-electron chi connectivity index (χ4n) is 1.64. The van der Waals surface area contributed by atoms with Gasteiger partial charge in [-0.2, -0.15) is 0 Å². The van der Waals surface area contributed by atoms with Gasteiger partial charge < -0.3 is 11.1 Å². The smallest absolute Gasteiger partial charge is 0.241 e. The summed E-state index contributed by atoms with van der Waals surface area (Å²) in [5.41, 5.74) is 7.60. The van der Waals surface area contributed by atoms with Gasteiger partial charge in [-0.3, -0.25) is 4.79 Å². The molecule has 0 aliphatic rings. The van der Waals surface area contributed by atoms with E-state index in [2.05, 4.69) is 10.0 Å². The van der Waals surface area contributed by atoms with Crippen LogP contribution in [0.2, 0.25) is 0 Å². The predicted molar refractivity (Wildman–Crippen MR) is 78.6 cm³/mol. The van der Waals surface area contributed by atoms with E-state index in [4.69, 9.17) is 5.73 Å². The second-order valence-electron chi connectivity index (χ2n) is 4.50. The number of aryl methyl sites for hydroxylation is 1. The molecule has 0 bridgehead atoms.